The molecule has 38 heavy (non-hydrogen) atoms. The fourth-order valence-corrected chi connectivity index (χ4v) is 3.28. The molecular weight excluding hydrogens is 488 g/mol. The second kappa shape index (κ2) is 13.1. The number of ether oxygens (including phenoxy) is 3. The van der Waals surface area contributed by atoms with Gasteiger partial charge in [-0.05, 0) is 77.8 Å². The van der Waals surface area contributed by atoms with Gasteiger partial charge in [-0.3, -0.25) is 14.5 Å². The van der Waals surface area contributed by atoms with Crippen molar-refractivity contribution in [2.75, 3.05) is 11.9 Å². The van der Waals surface area contributed by atoms with Gasteiger partial charge in [0, 0.05) is 24.7 Å². The van der Waals surface area contributed by atoms with Crippen LogP contribution in [0, 0.1) is 0 Å². The number of anilines is 1. The zero-order valence-electron chi connectivity index (χ0n) is 23.2. The molecule has 0 fully saturated rings. The summed E-state index contributed by atoms with van der Waals surface area (Å²) in [4.78, 5) is 51.6. The van der Waals surface area contributed by atoms with Crippen LogP contribution in [0.2, 0.25) is 0 Å². The molecule has 0 heterocycles. The Morgan fingerprint density at radius 1 is 0.842 bits per heavy atom. The first-order chi connectivity index (χ1) is 17.6. The number of carbonyl (C=O) groups excluding carboxylic acids is 4. The molecule has 206 valence electrons. The Kier molecular flexibility index (Phi) is 10.4. The van der Waals surface area contributed by atoms with Crippen LogP contribution >= 0.6 is 0 Å². The predicted octanol–water partition coefficient (Wildman–Crippen LogP) is 5.02. The largest absolute Gasteiger partial charge is 0.460 e. The van der Waals surface area contributed by atoms with Gasteiger partial charge in [0.05, 0.1) is 0 Å². The molecule has 0 saturated carbocycles. The standard InChI is InChI=1S/C29H38N2O7/c1-28(2,3)37-24(32)18-17-23(26(34)38-29(4,5)6)30-25(33)21-13-15-22(16-14-21)31(7)27(35)36-19-20-11-9-8-10-12-20/h8-16,23H,17-19H2,1-7H3,(H,30,33)/t23-/m0/s1. The van der Waals surface area contributed by atoms with E-state index >= 15 is 0 Å². The minimum Gasteiger partial charge on any atom is -0.460 e. The van der Waals surface area contributed by atoms with Crippen molar-refractivity contribution in [3.63, 3.8) is 0 Å². The van der Waals surface area contributed by atoms with Gasteiger partial charge in [0.15, 0.2) is 0 Å². The molecule has 2 amide bonds. The van der Waals surface area contributed by atoms with Crippen LogP contribution in [0.1, 0.15) is 70.3 Å². The molecule has 2 rings (SSSR count). The Labute approximate surface area is 224 Å². The highest BCUT2D eigenvalue weighted by atomic mass is 16.6. The molecule has 0 unspecified atom stereocenters. The van der Waals surface area contributed by atoms with Crippen LogP contribution in [0.15, 0.2) is 54.6 Å². The summed E-state index contributed by atoms with van der Waals surface area (Å²) in [5, 5.41) is 2.66. The van der Waals surface area contributed by atoms with E-state index in [1.54, 1.807) is 60.7 Å². The lowest BCUT2D eigenvalue weighted by Crippen LogP contribution is -2.44. The lowest BCUT2D eigenvalue weighted by Gasteiger charge is -2.25. The highest BCUT2D eigenvalue weighted by molar-refractivity contribution is 5.97. The van der Waals surface area contributed by atoms with Gasteiger partial charge in [-0.2, -0.15) is 0 Å². The zero-order chi connectivity index (χ0) is 28.5. The first-order valence-electron chi connectivity index (χ1n) is 12.4. The van der Waals surface area contributed by atoms with Crippen LogP contribution in [0.25, 0.3) is 0 Å². The van der Waals surface area contributed by atoms with E-state index in [0.717, 1.165) is 5.56 Å². The number of nitrogens with one attached hydrogen (secondary N) is 1. The van der Waals surface area contributed by atoms with Crippen molar-refractivity contribution >= 4 is 29.6 Å². The van der Waals surface area contributed by atoms with Gasteiger partial charge in [0.25, 0.3) is 5.91 Å². The van der Waals surface area contributed by atoms with Crippen molar-refractivity contribution in [1.29, 1.82) is 0 Å². The normalized spacial score (nSPS) is 12.2. The minimum absolute atomic E-state index is 0.0175. The quantitative estimate of drug-likeness (QED) is 0.361. The number of hydrogen-bond donors (Lipinski definition) is 1. The summed E-state index contributed by atoms with van der Waals surface area (Å²) < 4.78 is 16.1. The van der Waals surface area contributed by atoms with Gasteiger partial charge in [-0.15, -0.1) is 0 Å². The molecule has 0 aliphatic carbocycles. The van der Waals surface area contributed by atoms with Crippen LogP contribution < -0.4 is 10.2 Å². The van der Waals surface area contributed by atoms with Crippen molar-refractivity contribution in [1.82, 2.24) is 5.32 Å². The number of benzene rings is 2. The summed E-state index contributed by atoms with van der Waals surface area (Å²) in [5.74, 6) is -1.65. The molecule has 0 aliphatic rings. The van der Waals surface area contributed by atoms with Gasteiger partial charge >= 0.3 is 18.0 Å². The molecular formula is C29H38N2O7. The van der Waals surface area contributed by atoms with Gasteiger partial charge in [0.2, 0.25) is 0 Å². The monoisotopic (exact) mass is 526 g/mol. The van der Waals surface area contributed by atoms with E-state index in [9.17, 15) is 19.2 Å². The second-order valence-electron chi connectivity index (χ2n) is 10.8. The van der Waals surface area contributed by atoms with E-state index in [4.69, 9.17) is 14.2 Å². The topological polar surface area (TPSA) is 111 Å². The molecule has 0 aliphatic heterocycles. The molecule has 9 nitrogen and oxygen atoms in total. The summed E-state index contributed by atoms with van der Waals surface area (Å²) in [6.45, 7) is 10.6. The molecule has 9 heteroatoms. The Morgan fingerprint density at radius 3 is 1.97 bits per heavy atom. The van der Waals surface area contributed by atoms with Gasteiger partial charge in [-0.25, -0.2) is 9.59 Å². The predicted molar refractivity (Wildman–Crippen MR) is 144 cm³/mol. The van der Waals surface area contributed by atoms with E-state index in [1.807, 2.05) is 30.3 Å². The Balaban J connectivity index is 2.03. The smallest absolute Gasteiger partial charge is 0.414 e. The highest BCUT2D eigenvalue weighted by Gasteiger charge is 2.28. The maximum atomic E-state index is 12.9. The van der Waals surface area contributed by atoms with Gasteiger partial charge < -0.3 is 19.5 Å². The molecule has 0 aromatic heterocycles. The molecule has 2 aromatic rings. The van der Waals surface area contributed by atoms with E-state index in [-0.39, 0.29) is 25.0 Å². The third-order valence-electron chi connectivity index (χ3n) is 5.05. The SMILES string of the molecule is CN(C(=O)OCc1ccccc1)c1ccc(C(=O)N[C@@H](CCC(=O)OC(C)(C)C)C(=O)OC(C)(C)C)cc1. The first-order valence-corrected chi connectivity index (χ1v) is 12.4. The van der Waals surface area contributed by atoms with Gasteiger partial charge in [-0.1, -0.05) is 30.3 Å². The molecule has 0 saturated heterocycles. The van der Waals surface area contributed by atoms with Crippen molar-refractivity contribution < 1.29 is 33.4 Å². The number of hydrogen-bond acceptors (Lipinski definition) is 7. The summed E-state index contributed by atoms with van der Waals surface area (Å²) in [6.07, 6.45) is -0.599. The van der Waals surface area contributed by atoms with Crippen molar-refractivity contribution in [2.45, 2.75) is 78.2 Å². The average Bonchev–Trinajstić information content (AvgIpc) is 2.83. The number of esters is 2. The number of nitrogens with zero attached hydrogens (tertiary/aromatic N) is 1. The lowest BCUT2D eigenvalue weighted by atomic mass is 10.1. The van der Waals surface area contributed by atoms with E-state index in [1.165, 1.54) is 17.0 Å². The Hall–Kier alpha value is -3.88. The van der Waals surface area contributed by atoms with Crippen LogP contribution in [0.3, 0.4) is 0 Å². The second-order valence-corrected chi connectivity index (χ2v) is 10.8. The van der Waals surface area contributed by atoms with Crippen LogP contribution in [-0.2, 0) is 30.4 Å². The van der Waals surface area contributed by atoms with E-state index in [0.29, 0.717) is 5.69 Å². The molecule has 1 N–H and O–H groups in total. The first kappa shape index (κ1) is 30.3. The Morgan fingerprint density at radius 2 is 1.42 bits per heavy atom. The molecule has 1 atom stereocenters. The molecule has 0 spiro atoms. The van der Waals surface area contributed by atoms with Gasteiger partial charge in [0.1, 0.15) is 23.9 Å². The minimum atomic E-state index is -1.05. The maximum absolute atomic E-state index is 12.9. The van der Waals surface area contributed by atoms with Crippen molar-refractivity contribution in [3.8, 4) is 0 Å². The number of amides is 2. The fraction of sp³-hybridized carbons (Fsp3) is 0.448. The fourth-order valence-electron chi connectivity index (χ4n) is 3.28. The third kappa shape index (κ3) is 10.6. The van der Waals surface area contributed by atoms with E-state index in [2.05, 4.69) is 5.32 Å². The van der Waals surface area contributed by atoms with Crippen molar-refractivity contribution in [3.05, 3.63) is 65.7 Å². The summed E-state index contributed by atoms with van der Waals surface area (Å²) in [7, 11) is 1.57. The summed E-state index contributed by atoms with van der Waals surface area (Å²) in [5.41, 5.74) is 0.226. The molecule has 2 aromatic carbocycles. The number of rotatable bonds is 9. The average molecular weight is 527 g/mol. The third-order valence-corrected chi connectivity index (χ3v) is 5.05. The number of carbonyl (C=O) groups is 4. The van der Waals surface area contributed by atoms with E-state index < -0.39 is 41.2 Å². The summed E-state index contributed by atoms with van der Waals surface area (Å²) in [6, 6.07) is 14.5. The molecule has 0 radical (unpaired) electrons. The zero-order valence-corrected chi connectivity index (χ0v) is 23.2. The maximum Gasteiger partial charge on any atom is 0.414 e. The van der Waals surface area contributed by atoms with Crippen LogP contribution in [0.5, 0.6) is 0 Å². The molecule has 0 bridgehead atoms. The Bertz CT molecular complexity index is 1100. The van der Waals surface area contributed by atoms with Crippen molar-refractivity contribution in [2.24, 2.45) is 0 Å². The highest BCUT2D eigenvalue weighted by Crippen LogP contribution is 2.17. The van der Waals surface area contributed by atoms with Crippen LogP contribution in [-0.4, -0.2) is 48.2 Å². The summed E-state index contributed by atoms with van der Waals surface area (Å²) >= 11 is 0. The van der Waals surface area contributed by atoms with Crippen LogP contribution in [0.4, 0.5) is 10.5 Å². The lowest BCUT2D eigenvalue weighted by molar-refractivity contribution is -0.158.